The van der Waals surface area contributed by atoms with Gasteiger partial charge in [0, 0.05) is 31.9 Å². The van der Waals surface area contributed by atoms with E-state index in [4.69, 9.17) is 4.42 Å². The molecule has 2 aromatic rings. The van der Waals surface area contributed by atoms with E-state index in [1.54, 1.807) is 24.1 Å². The van der Waals surface area contributed by atoms with E-state index in [2.05, 4.69) is 21.0 Å². The Hall–Kier alpha value is -1.56. The summed E-state index contributed by atoms with van der Waals surface area (Å²) in [6.07, 6.45) is 1.97. The Balaban J connectivity index is 2.10. The van der Waals surface area contributed by atoms with Gasteiger partial charge in [-0.05, 0) is 41.9 Å². The molecule has 0 aliphatic heterocycles. The molecule has 0 bridgehead atoms. The Kier molecular flexibility index (Phi) is 4.09. The summed E-state index contributed by atoms with van der Waals surface area (Å²) in [5.74, 6) is 0.184. The van der Waals surface area contributed by atoms with E-state index >= 15 is 0 Å². The molecule has 0 atom stereocenters. The number of hydrogen-bond acceptors (Lipinski definition) is 3. The zero-order valence-electron chi connectivity index (χ0n) is 11.2. The molecule has 2 heterocycles. The number of aromatic nitrogens is 2. The van der Waals surface area contributed by atoms with Crippen LogP contribution in [0.1, 0.15) is 28.7 Å². The minimum atomic E-state index is -0.144. The molecule has 0 saturated carbocycles. The molecule has 19 heavy (non-hydrogen) atoms. The minimum absolute atomic E-state index is 0.144. The third-order valence-corrected chi connectivity index (χ3v) is 3.34. The molecule has 1 amide bonds. The lowest BCUT2D eigenvalue weighted by molar-refractivity contribution is 0.0752. The van der Waals surface area contributed by atoms with E-state index in [1.165, 1.54) is 0 Å². The molecule has 0 aromatic carbocycles. The van der Waals surface area contributed by atoms with Gasteiger partial charge in [0.1, 0.15) is 0 Å². The van der Waals surface area contributed by atoms with Gasteiger partial charge in [-0.25, -0.2) is 0 Å². The van der Waals surface area contributed by atoms with Crippen LogP contribution in [0.3, 0.4) is 0 Å². The average Bonchev–Trinajstić information content (AvgIpc) is 2.95. The lowest BCUT2D eigenvalue weighted by Crippen LogP contribution is -2.25. The number of aryl methyl sites for hydroxylation is 2. The maximum atomic E-state index is 12.1. The first-order chi connectivity index (χ1) is 9.01. The summed E-state index contributed by atoms with van der Waals surface area (Å²) < 4.78 is 7.69. The highest BCUT2D eigenvalue weighted by molar-refractivity contribution is 9.10. The molecule has 6 heteroatoms. The van der Waals surface area contributed by atoms with Crippen LogP contribution in [0.4, 0.5) is 0 Å². The second-order valence-electron chi connectivity index (χ2n) is 4.36. The number of carbonyl (C=O) groups is 1. The van der Waals surface area contributed by atoms with Crippen LogP contribution in [0, 0.1) is 6.92 Å². The van der Waals surface area contributed by atoms with Crippen molar-refractivity contribution in [3.63, 3.8) is 0 Å². The van der Waals surface area contributed by atoms with Gasteiger partial charge in [-0.15, -0.1) is 0 Å². The summed E-state index contributed by atoms with van der Waals surface area (Å²) in [7, 11) is 1.75. The van der Waals surface area contributed by atoms with E-state index in [1.807, 2.05) is 24.7 Å². The predicted octanol–water partition coefficient (Wildman–Crippen LogP) is 2.84. The molecule has 0 fully saturated rings. The van der Waals surface area contributed by atoms with Crippen molar-refractivity contribution in [1.82, 2.24) is 14.7 Å². The van der Waals surface area contributed by atoms with Crippen molar-refractivity contribution in [3.8, 4) is 0 Å². The predicted molar refractivity (Wildman–Crippen MR) is 74.8 cm³/mol. The van der Waals surface area contributed by atoms with Crippen LogP contribution in [0.5, 0.6) is 0 Å². The Morgan fingerprint density at radius 2 is 2.26 bits per heavy atom. The molecule has 2 rings (SSSR count). The van der Waals surface area contributed by atoms with Gasteiger partial charge in [0.05, 0.1) is 5.69 Å². The summed E-state index contributed by atoms with van der Waals surface area (Å²) in [6, 6.07) is 3.37. The van der Waals surface area contributed by atoms with E-state index in [0.29, 0.717) is 17.0 Å². The van der Waals surface area contributed by atoms with Gasteiger partial charge in [-0.2, -0.15) is 5.10 Å². The van der Waals surface area contributed by atoms with Gasteiger partial charge in [-0.1, -0.05) is 0 Å². The summed E-state index contributed by atoms with van der Waals surface area (Å²) in [6.45, 7) is 5.32. The minimum Gasteiger partial charge on any atom is -0.444 e. The molecule has 0 aliphatic carbocycles. The topological polar surface area (TPSA) is 51.3 Å². The molecular weight excluding hydrogens is 310 g/mol. The van der Waals surface area contributed by atoms with Gasteiger partial charge in [0.15, 0.2) is 10.4 Å². The number of carbonyl (C=O) groups excluding carboxylic acids is 1. The summed E-state index contributed by atoms with van der Waals surface area (Å²) in [4.78, 5) is 13.8. The normalized spacial score (nSPS) is 10.7. The number of rotatable bonds is 4. The van der Waals surface area contributed by atoms with Crippen LogP contribution in [0.2, 0.25) is 0 Å². The monoisotopic (exact) mass is 325 g/mol. The summed E-state index contributed by atoms with van der Waals surface area (Å²) in [5, 5.41) is 4.37. The standard InChI is InChI=1S/C13H16BrN3O2/c1-4-17-8-10(9(2)15-17)7-16(3)13(18)11-5-6-12(14)19-11/h5-6,8H,4,7H2,1-3H3. The summed E-state index contributed by atoms with van der Waals surface area (Å²) >= 11 is 3.19. The van der Waals surface area contributed by atoms with Crippen molar-refractivity contribution in [2.75, 3.05) is 7.05 Å². The van der Waals surface area contributed by atoms with Gasteiger partial charge in [0.25, 0.3) is 5.91 Å². The molecule has 2 aromatic heterocycles. The van der Waals surface area contributed by atoms with Crippen molar-refractivity contribution in [2.45, 2.75) is 26.9 Å². The molecule has 0 N–H and O–H groups in total. The Labute approximate surface area is 120 Å². The Morgan fingerprint density at radius 3 is 2.79 bits per heavy atom. The van der Waals surface area contributed by atoms with Crippen LogP contribution in [-0.4, -0.2) is 27.6 Å². The second kappa shape index (κ2) is 5.61. The van der Waals surface area contributed by atoms with Gasteiger partial charge >= 0.3 is 0 Å². The first kappa shape index (κ1) is 13.9. The van der Waals surface area contributed by atoms with E-state index in [0.717, 1.165) is 17.8 Å². The first-order valence-corrected chi connectivity index (χ1v) is 6.84. The number of hydrogen-bond donors (Lipinski definition) is 0. The summed E-state index contributed by atoms with van der Waals surface area (Å²) in [5.41, 5.74) is 1.99. The van der Waals surface area contributed by atoms with Crippen LogP contribution < -0.4 is 0 Å². The number of furan rings is 1. The van der Waals surface area contributed by atoms with Crippen LogP contribution in [0.15, 0.2) is 27.4 Å². The third kappa shape index (κ3) is 3.07. The molecular formula is C13H16BrN3O2. The lowest BCUT2D eigenvalue weighted by atomic mass is 10.2. The van der Waals surface area contributed by atoms with Crippen LogP contribution in [0.25, 0.3) is 0 Å². The highest BCUT2D eigenvalue weighted by Gasteiger charge is 2.17. The molecule has 102 valence electrons. The molecule has 5 nitrogen and oxygen atoms in total. The zero-order valence-corrected chi connectivity index (χ0v) is 12.8. The van der Waals surface area contributed by atoms with Gasteiger partial charge in [-0.3, -0.25) is 9.48 Å². The van der Waals surface area contributed by atoms with E-state index < -0.39 is 0 Å². The number of nitrogens with zero attached hydrogens (tertiary/aromatic N) is 3. The number of halogens is 1. The molecule has 0 unspecified atom stereocenters. The fourth-order valence-electron chi connectivity index (χ4n) is 1.82. The Bertz CT molecular complexity index is 588. The lowest BCUT2D eigenvalue weighted by Gasteiger charge is -2.14. The molecule has 0 saturated heterocycles. The highest BCUT2D eigenvalue weighted by atomic mass is 79.9. The third-order valence-electron chi connectivity index (χ3n) is 2.91. The average molecular weight is 326 g/mol. The van der Waals surface area contributed by atoms with Gasteiger partial charge in [0.2, 0.25) is 0 Å². The fraction of sp³-hybridized carbons (Fsp3) is 0.385. The highest BCUT2D eigenvalue weighted by Crippen LogP contribution is 2.17. The van der Waals surface area contributed by atoms with Crippen molar-refractivity contribution in [3.05, 3.63) is 40.0 Å². The Morgan fingerprint density at radius 1 is 1.53 bits per heavy atom. The number of amides is 1. The second-order valence-corrected chi connectivity index (χ2v) is 5.14. The maximum absolute atomic E-state index is 12.1. The quantitative estimate of drug-likeness (QED) is 0.868. The van der Waals surface area contributed by atoms with E-state index in [9.17, 15) is 4.79 Å². The van der Waals surface area contributed by atoms with Crippen LogP contribution in [-0.2, 0) is 13.1 Å². The SMILES string of the molecule is CCn1cc(CN(C)C(=O)c2ccc(Br)o2)c(C)n1. The van der Waals surface area contributed by atoms with Crippen molar-refractivity contribution >= 4 is 21.8 Å². The maximum Gasteiger partial charge on any atom is 0.289 e. The molecule has 0 aliphatic rings. The smallest absolute Gasteiger partial charge is 0.289 e. The zero-order chi connectivity index (χ0) is 14.0. The molecule has 0 spiro atoms. The van der Waals surface area contributed by atoms with Crippen molar-refractivity contribution in [2.24, 2.45) is 0 Å². The fourth-order valence-corrected chi connectivity index (χ4v) is 2.13. The van der Waals surface area contributed by atoms with Crippen LogP contribution >= 0.6 is 15.9 Å². The van der Waals surface area contributed by atoms with E-state index in [-0.39, 0.29) is 5.91 Å². The van der Waals surface area contributed by atoms with Crippen molar-refractivity contribution in [1.29, 1.82) is 0 Å². The largest absolute Gasteiger partial charge is 0.444 e. The first-order valence-electron chi connectivity index (χ1n) is 6.05. The van der Waals surface area contributed by atoms with Gasteiger partial charge < -0.3 is 9.32 Å². The van der Waals surface area contributed by atoms with Crippen molar-refractivity contribution < 1.29 is 9.21 Å². The molecule has 0 radical (unpaired) electrons.